The Morgan fingerprint density at radius 2 is 1.69 bits per heavy atom. The highest BCUT2D eigenvalue weighted by molar-refractivity contribution is 7.21. The molecule has 3 N–H and O–H groups in total. The van der Waals surface area contributed by atoms with E-state index in [-0.39, 0.29) is 5.97 Å². The number of fused-ring (bicyclic) bond motifs is 2. The normalized spacial score (nSPS) is 15.5. The van der Waals surface area contributed by atoms with Crippen LogP contribution in [0.2, 0.25) is 0 Å². The number of ether oxygens (including phenoxy) is 1. The number of carbonyl (C=O) groups is 3. The number of hydrogen-bond acceptors (Lipinski definition) is 6. The minimum absolute atomic E-state index is 0.274. The Balaban J connectivity index is 0.000000139. The number of ketones is 1. The van der Waals surface area contributed by atoms with Crippen LogP contribution < -0.4 is 0 Å². The number of aromatic carboxylic acids is 1. The van der Waals surface area contributed by atoms with Gasteiger partial charge in [0, 0.05) is 30.8 Å². The predicted molar refractivity (Wildman–Crippen MR) is 145 cm³/mol. The lowest BCUT2D eigenvalue weighted by Crippen LogP contribution is -2.02. The molecule has 0 aliphatic heterocycles. The first-order chi connectivity index (χ1) is 17.5. The zero-order chi connectivity index (χ0) is 25.5. The van der Waals surface area contributed by atoms with E-state index in [2.05, 4.69) is 20.8 Å². The Hall–Kier alpha value is -3.17. The molecule has 1 saturated carbocycles. The van der Waals surface area contributed by atoms with Crippen molar-refractivity contribution in [3.05, 3.63) is 52.0 Å². The second kappa shape index (κ2) is 12.2. The van der Waals surface area contributed by atoms with Gasteiger partial charge in [-0.05, 0) is 62.3 Å². The lowest BCUT2D eigenvalue weighted by atomic mass is 9.95. The Bertz CT molecular complexity index is 1350. The third kappa shape index (κ3) is 6.33. The number of methoxy groups -OCH3 is 1. The fourth-order valence-corrected chi connectivity index (χ4v) is 6.29. The average Bonchev–Trinajstić information content (AvgIpc) is 3.66. The maximum Gasteiger partial charge on any atom is 0.348 e. The summed E-state index contributed by atoms with van der Waals surface area (Å²) in [7, 11) is 1.39. The highest BCUT2D eigenvalue weighted by atomic mass is 32.1. The molecule has 7 nitrogen and oxygen atoms in total. The maximum atomic E-state index is 11.1. The SMILES string of the molecule is COC(=O)c1cc2[nH]ccc2s1.O=C(O)c1cc2[nH]cc(C3=CCCCC3)c2s1.O=C1CCCCC1. The van der Waals surface area contributed by atoms with Crippen LogP contribution in [0.25, 0.3) is 26.0 Å². The monoisotopic (exact) mass is 526 g/mol. The molecule has 36 heavy (non-hydrogen) atoms. The highest BCUT2D eigenvalue weighted by Crippen LogP contribution is 2.36. The number of aromatic nitrogens is 2. The second-order valence-corrected chi connectivity index (χ2v) is 10.9. The topological polar surface area (TPSA) is 112 Å². The molecule has 2 aliphatic rings. The van der Waals surface area contributed by atoms with Crippen molar-refractivity contribution in [2.45, 2.75) is 57.8 Å². The number of carboxylic acid groups (broad SMARTS) is 1. The second-order valence-electron chi connectivity index (χ2n) is 8.79. The minimum Gasteiger partial charge on any atom is -0.477 e. The van der Waals surface area contributed by atoms with Crippen LogP contribution in [0, 0.1) is 0 Å². The molecule has 4 heterocycles. The summed E-state index contributed by atoms with van der Waals surface area (Å²) in [5, 5.41) is 8.99. The Kier molecular flexibility index (Phi) is 8.77. The van der Waals surface area contributed by atoms with E-state index in [0.29, 0.717) is 15.5 Å². The zero-order valence-corrected chi connectivity index (χ0v) is 21.9. The summed E-state index contributed by atoms with van der Waals surface area (Å²) in [6.07, 6.45) is 16.1. The van der Waals surface area contributed by atoms with Gasteiger partial charge in [0.2, 0.25) is 0 Å². The van der Waals surface area contributed by atoms with Crippen molar-refractivity contribution in [3.8, 4) is 0 Å². The number of carbonyl (C=O) groups excluding carboxylic acids is 2. The van der Waals surface area contributed by atoms with Crippen LogP contribution in [0.5, 0.6) is 0 Å². The molecule has 0 spiro atoms. The van der Waals surface area contributed by atoms with Gasteiger partial charge in [0.1, 0.15) is 15.5 Å². The van der Waals surface area contributed by atoms with E-state index in [1.807, 2.05) is 18.5 Å². The first-order valence-electron chi connectivity index (χ1n) is 12.2. The van der Waals surface area contributed by atoms with Crippen LogP contribution in [-0.2, 0) is 9.53 Å². The van der Waals surface area contributed by atoms with Crippen molar-refractivity contribution < 1.29 is 24.2 Å². The summed E-state index contributed by atoms with van der Waals surface area (Å²) in [6, 6.07) is 5.45. The number of carboxylic acids is 1. The van der Waals surface area contributed by atoms with Crippen LogP contribution in [-0.4, -0.2) is 39.9 Å². The molecule has 190 valence electrons. The van der Waals surface area contributed by atoms with Crippen LogP contribution in [0.4, 0.5) is 0 Å². The van der Waals surface area contributed by atoms with Crippen LogP contribution in [0.1, 0.15) is 82.7 Å². The van der Waals surface area contributed by atoms with Crippen molar-refractivity contribution >= 4 is 66.4 Å². The van der Waals surface area contributed by atoms with Crippen LogP contribution in [0.15, 0.2) is 36.7 Å². The van der Waals surface area contributed by atoms with Gasteiger partial charge in [0.05, 0.1) is 27.5 Å². The van der Waals surface area contributed by atoms with Gasteiger partial charge in [-0.2, -0.15) is 0 Å². The van der Waals surface area contributed by atoms with Crippen molar-refractivity contribution in [1.82, 2.24) is 9.97 Å². The highest BCUT2D eigenvalue weighted by Gasteiger charge is 2.16. The van der Waals surface area contributed by atoms with Gasteiger partial charge < -0.3 is 19.8 Å². The van der Waals surface area contributed by atoms with Crippen LogP contribution in [0.3, 0.4) is 0 Å². The first-order valence-corrected chi connectivity index (χ1v) is 13.8. The molecule has 0 radical (unpaired) electrons. The number of aromatic amines is 2. The van der Waals surface area contributed by atoms with Gasteiger partial charge >= 0.3 is 11.9 Å². The maximum absolute atomic E-state index is 11.1. The number of hydrogen-bond donors (Lipinski definition) is 3. The fourth-order valence-electron chi connectivity index (χ4n) is 4.34. The number of H-pyrrole nitrogens is 2. The largest absolute Gasteiger partial charge is 0.477 e. The van der Waals surface area contributed by atoms with E-state index in [1.54, 1.807) is 12.1 Å². The van der Waals surface area contributed by atoms with Gasteiger partial charge in [0.25, 0.3) is 0 Å². The quantitative estimate of drug-likeness (QED) is 0.240. The number of esters is 1. The summed E-state index contributed by atoms with van der Waals surface area (Å²) in [5.41, 5.74) is 4.48. The van der Waals surface area contributed by atoms with Crippen LogP contribution >= 0.6 is 22.7 Å². The first kappa shape index (κ1) is 25.9. The van der Waals surface area contributed by atoms with E-state index >= 15 is 0 Å². The molecule has 0 atom stereocenters. The van der Waals surface area contributed by atoms with E-state index in [1.165, 1.54) is 60.2 Å². The summed E-state index contributed by atoms with van der Waals surface area (Å²) in [4.78, 5) is 39.7. The lowest BCUT2D eigenvalue weighted by Gasteiger charge is -2.10. The molecule has 4 aromatic heterocycles. The van der Waals surface area contributed by atoms with E-state index < -0.39 is 5.97 Å². The van der Waals surface area contributed by atoms with Crippen molar-refractivity contribution in [1.29, 1.82) is 0 Å². The molecule has 9 heteroatoms. The average molecular weight is 527 g/mol. The van der Waals surface area contributed by atoms with Crippen molar-refractivity contribution in [2.24, 2.45) is 0 Å². The molecule has 2 aliphatic carbocycles. The standard InChI is InChI=1S/C13H13NO2S.C8H7NO2S.C6H10O/c15-13(16)11-6-10-12(17-11)9(7-14-10)8-4-2-1-3-5-8;1-11-8(10)7-4-5-6(12-7)2-3-9-5;7-6-4-2-1-3-5-6/h4,6-7,14H,1-3,5H2,(H,15,16);2-4,9H,1H3;1-5H2. The molecule has 0 aromatic carbocycles. The smallest absolute Gasteiger partial charge is 0.348 e. The van der Waals surface area contributed by atoms with E-state index in [4.69, 9.17) is 5.11 Å². The number of Topliss-reactive ketones (excluding diaryl/α,β-unsaturated/α-hetero) is 1. The Morgan fingerprint density at radius 3 is 2.31 bits per heavy atom. The predicted octanol–water partition coefficient (Wildman–Crippen LogP) is 7.42. The summed E-state index contributed by atoms with van der Waals surface area (Å²) in [5.74, 6) is -0.654. The molecule has 4 aromatic rings. The fraction of sp³-hybridized carbons (Fsp3) is 0.370. The van der Waals surface area contributed by atoms with Crippen molar-refractivity contribution in [2.75, 3.05) is 7.11 Å². The Morgan fingerprint density at radius 1 is 0.944 bits per heavy atom. The van der Waals surface area contributed by atoms with E-state index in [9.17, 15) is 14.4 Å². The van der Waals surface area contributed by atoms with Gasteiger partial charge in [0.15, 0.2) is 0 Å². The zero-order valence-electron chi connectivity index (χ0n) is 20.2. The molecular formula is C27H30N2O5S2. The Labute approximate surface area is 217 Å². The van der Waals surface area contributed by atoms with E-state index in [0.717, 1.165) is 59.0 Å². The molecular weight excluding hydrogens is 496 g/mol. The molecule has 0 bridgehead atoms. The molecule has 0 saturated heterocycles. The third-order valence-corrected chi connectivity index (χ3v) is 8.47. The van der Waals surface area contributed by atoms with Gasteiger partial charge in [-0.25, -0.2) is 9.59 Å². The molecule has 6 rings (SSSR count). The summed E-state index contributed by atoms with van der Waals surface area (Å²) < 4.78 is 6.75. The minimum atomic E-state index is -0.844. The van der Waals surface area contributed by atoms with Gasteiger partial charge in [-0.3, -0.25) is 4.79 Å². The number of thiophene rings is 2. The molecule has 1 fully saturated rings. The number of rotatable bonds is 3. The third-order valence-electron chi connectivity index (χ3n) is 6.23. The number of allylic oxidation sites excluding steroid dienone is 2. The van der Waals surface area contributed by atoms with Gasteiger partial charge in [-0.15, -0.1) is 22.7 Å². The molecule has 0 unspecified atom stereocenters. The molecule has 0 amide bonds. The number of nitrogens with one attached hydrogen (secondary N) is 2. The van der Waals surface area contributed by atoms with Crippen molar-refractivity contribution in [3.63, 3.8) is 0 Å². The lowest BCUT2D eigenvalue weighted by molar-refractivity contribution is -0.120. The summed E-state index contributed by atoms with van der Waals surface area (Å²) >= 11 is 2.79. The van der Waals surface area contributed by atoms with Gasteiger partial charge in [-0.1, -0.05) is 12.5 Å². The summed E-state index contributed by atoms with van der Waals surface area (Å²) in [6.45, 7) is 0.